The third-order valence-electron chi connectivity index (χ3n) is 3.79. The molecule has 1 aliphatic rings. The molecule has 0 bridgehead atoms. The van der Waals surface area contributed by atoms with Gasteiger partial charge in [-0.05, 0) is 43.2 Å². The molecular formula is C16H14F3N7. The number of aromatic nitrogens is 2. The highest BCUT2D eigenvalue weighted by Gasteiger charge is 2.38. The van der Waals surface area contributed by atoms with E-state index in [2.05, 4.69) is 15.6 Å². The molecule has 26 heavy (non-hydrogen) atoms. The number of rotatable bonds is 5. The van der Waals surface area contributed by atoms with Crippen molar-refractivity contribution in [2.24, 2.45) is 10.8 Å². The van der Waals surface area contributed by atoms with Crippen LogP contribution in [0.3, 0.4) is 0 Å². The Morgan fingerprint density at radius 3 is 2.50 bits per heavy atom. The third kappa shape index (κ3) is 3.66. The van der Waals surface area contributed by atoms with Gasteiger partial charge in [0, 0.05) is 11.6 Å². The van der Waals surface area contributed by atoms with Crippen molar-refractivity contribution < 1.29 is 13.2 Å². The average Bonchev–Trinajstić information content (AvgIpc) is 3.32. The van der Waals surface area contributed by atoms with Crippen LogP contribution in [0.5, 0.6) is 0 Å². The lowest BCUT2D eigenvalue weighted by Gasteiger charge is -2.08. The molecule has 0 unspecified atom stereocenters. The molecule has 1 fully saturated rings. The lowest BCUT2D eigenvalue weighted by Crippen LogP contribution is -2.21. The van der Waals surface area contributed by atoms with Gasteiger partial charge in [-0.1, -0.05) is 0 Å². The first-order chi connectivity index (χ1) is 12.3. The van der Waals surface area contributed by atoms with E-state index in [0.717, 1.165) is 18.9 Å². The summed E-state index contributed by atoms with van der Waals surface area (Å²) >= 11 is 0. The molecule has 0 saturated heterocycles. The van der Waals surface area contributed by atoms with Crippen LogP contribution >= 0.6 is 0 Å². The summed E-state index contributed by atoms with van der Waals surface area (Å²) in [5, 5.41) is 23.3. The van der Waals surface area contributed by atoms with Gasteiger partial charge in [0.05, 0.1) is 11.4 Å². The van der Waals surface area contributed by atoms with Crippen molar-refractivity contribution in [3.05, 3.63) is 41.7 Å². The highest BCUT2D eigenvalue weighted by atomic mass is 19.4. The molecule has 1 aliphatic carbocycles. The standard InChI is InChI=1S/C16H14F3N7/c17-16(18,19)14-7-13(9-1-2-9)26(25-14)11-5-3-10(4-6-11)23-24-12(8-20)15(21)22/h3-7,9,23H,1-2H2,(H3,21,22)/b24-12+. The molecule has 0 amide bonds. The quantitative estimate of drug-likeness (QED) is 0.431. The first-order valence-corrected chi connectivity index (χ1v) is 7.65. The summed E-state index contributed by atoms with van der Waals surface area (Å²) < 4.78 is 40.2. The number of amidine groups is 1. The fraction of sp³-hybridized carbons (Fsp3) is 0.250. The molecule has 4 N–H and O–H groups in total. The van der Waals surface area contributed by atoms with Crippen LogP contribution in [-0.2, 0) is 6.18 Å². The number of nitrogens with one attached hydrogen (secondary N) is 2. The summed E-state index contributed by atoms with van der Waals surface area (Å²) in [4.78, 5) is 0. The monoisotopic (exact) mass is 361 g/mol. The predicted molar refractivity (Wildman–Crippen MR) is 89.1 cm³/mol. The Morgan fingerprint density at radius 2 is 2.00 bits per heavy atom. The maximum absolute atomic E-state index is 13.0. The van der Waals surface area contributed by atoms with Crippen molar-refractivity contribution in [2.75, 3.05) is 5.43 Å². The Kier molecular flexibility index (Phi) is 4.38. The third-order valence-corrected chi connectivity index (χ3v) is 3.79. The number of nitrogens with two attached hydrogens (primary N) is 1. The Hall–Kier alpha value is -3.35. The number of nitrogens with zero attached hydrogens (tertiary/aromatic N) is 4. The second kappa shape index (κ2) is 6.51. The van der Waals surface area contributed by atoms with Gasteiger partial charge in [0.15, 0.2) is 11.5 Å². The number of benzene rings is 1. The molecule has 1 saturated carbocycles. The number of hydrogen-bond donors (Lipinski definition) is 3. The van der Waals surface area contributed by atoms with Crippen LogP contribution in [0.2, 0.25) is 0 Å². The normalized spacial score (nSPS) is 14.8. The lowest BCUT2D eigenvalue weighted by atomic mass is 10.2. The van der Waals surface area contributed by atoms with Crippen LogP contribution in [0.15, 0.2) is 35.4 Å². The summed E-state index contributed by atoms with van der Waals surface area (Å²) in [6.07, 6.45) is -2.80. The number of alkyl halides is 3. The molecule has 0 atom stereocenters. The van der Waals surface area contributed by atoms with Gasteiger partial charge in [-0.25, -0.2) is 4.68 Å². The molecule has 1 heterocycles. The van der Waals surface area contributed by atoms with Crippen LogP contribution < -0.4 is 11.2 Å². The van der Waals surface area contributed by atoms with Gasteiger partial charge in [-0.3, -0.25) is 10.8 Å². The molecular weight excluding hydrogens is 347 g/mol. The minimum absolute atomic E-state index is 0.0924. The lowest BCUT2D eigenvalue weighted by molar-refractivity contribution is -0.141. The number of nitriles is 1. The fourth-order valence-electron chi connectivity index (χ4n) is 2.35. The highest BCUT2D eigenvalue weighted by Crippen LogP contribution is 2.42. The Morgan fingerprint density at radius 1 is 1.35 bits per heavy atom. The number of hydrogen-bond acceptors (Lipinski definition) is 5. The second-order valence-corrected chi connectivity index (χ2v) is 5.78. The zero-order chi connectivity index (χ0) is 18.9. The van der Waals surface area contributed by atoms with Crippen molar-refractivity contribution in [1.29, 1.82) is 10.7 Å². The van der Waals surface area contributed by atoms with Gasteiger partial charge in [-0.15, -0.1) is 0 Å². The molecule has 134 valence electrons. The number of hydrazone groups is 1. The van der Waals surface area contributed by atoms with E-state index in [-0.39, 0.29) is 11.6 Å². The van der Waals surface area contributed by atoms with E-state index in [1.165, 1.54) is 4.68 Å². The molecule has 0 radical (unpaired) electrons. The van der Waals surface area contributed by atoms with E-state index in [9.17, 15) is 13.2 Å². The van der Waals surface area contributed by atoms with E-state index in [0.29, 0.717) is 17.1 Å². The maximum atomic E-state index is 13.0. The van der Waals surface area contributed by atoms with E-state index >= 15 is 0 Å². The zero-order valence-electron chi connectivity index (χ0n) is 13.4. The van der Waals surface area contributed by atoms with Gasteiger partial charge in [0.25, 0.3) is 0 Å². The Labute approximate surface area is 146 Å². The predicted octanol–water partition coefficient (Wildman–Crippen LogP) is 3.00. The first kappa shape index (κ1) is 17.5. The molecule has 7 nitrogen and oxygen atoms in total. The highest BCUT2D eigenvalue weighted by molar-refractivity contribution is 6.45. The largest absolute Gasteiger partial charge is 0.435 e. The molecule has 1 aromatic heterocycles. The molecule has 10 heteroatoms. The van der Waals surface area contributed by atoms with E-state index < -0.39 is 17.7 Å². The van der Waals surface area contributed by atoms with E-state index in [1.807, 2.05) is 0 Å². The summed E-state index contributed by atoms with van der Waals surface area (Å²) in [5.74, 6) is -0.378. The Balaban J connectivity index is 1.86. The smallest absolute Gasteiger partial charge is 0.382 e. The van der Waals surface area contributed by atoms with Crippen LogP contribution in [-0.4, -0.2) is 21.3 Å². The van der Waals surface area contributed by atoms with Crippen molar-refractivity contribution in [1.82, 2.24) is 9.78 Å². The van der Waals surface area contributed by atoms with Crippen molar-refractivity contribution in [2.45, 2.75) is 24.9 Å². The first-order valence-electron chi connectivity index (χ1n) is 7.65. The van der Waals surface area contributed by atoms with E-state index in [1.54, 1.807) is 30.3 Å². The SMILES string of the molecule is N#C/C(=N\Nc1ccc(-n2nc(C(F)(F)F)cc2C2CC2)cc1)C(=N)N. The molecule has 1 aromatic carbocycles. The number of halogens is 3. The summed E-state index contributed by atoms with van der Waals surface area (Å²) in [6.45, 7) is 0. The summed E-state index contributed by atoms with van der Waals surface area (Å²) in [6, 6.07) is 9.12. The van der Waals surface area contributed by atoms with Crippen LogP contribution in [0, 0.1) is 16.7 Å². The summed E-state index contributed by atoms with van der Waals surface area (Å²) in [5.41, 5.74) is 8.09. The second-order valence-electron chi connectivity index (χ2n) is 5.78. The van der Waals surface area contributed by atoms with Crippen molar-refractivity contribution in [3.63, 3.8) is 0 Å². The van der Waals surface area contributed by atoms with Crippen LogP contribution in [0.25, 0.3) is 5.69 Å². The fourth-order valence-corrected chi connectivity index (χ4v) is 2.35. The van der Waals surface area contributed by atoms with Crippen LogP contribution in [0.1, 0.15) is 30.1 Å². The van der Waals surface area contributed by atoms with Gasteiger partial charge < -0.3 is 5.73 Å². The molecule has 0 aliphatic heterocycles. The summed E-state index contributed by atoms with van der Waals surface area (Å²) in [7, 11) is 0. The van der Waals surface area contributed by atoms with Crippen molar-refractivity contribution in [3.8, 4) is 11.8 Å². The van der Waals surface area contributed by atoms with E-state index in [4.69, 9.17) is 16.4 Å². The van der Waals surface area contributed by atoms with Gasteiger partial charge in [0.1, 0.15) is 6.07 Å². The molecule has 2 aromatic rings. The van der Waals surface area contributed by atoms with Gasteiger partial charge in [0.2, 0.25) is 5.71 Å². The minimum atomic E-state index is -4.49. The van der Waals surface area contributed by atoms with Gasteiger partial charge >= 0.3 is 6.18 Å². The van der Waals surface area contributed by atoms with Crippen molar-refractivity contribution >= 4 is 17.2 Å². The van der Waals surface area contributed by atoms with Crippen LogP contribution in [0.4, 0.5) is 18.9 Å². The molecule has 3 rings (SSSR count). The molecule has 0 spiro atoms. The maximum Gasteiger partial charge on any atom is 0.435 e. The minimum Gasteiger partial charge on any atom is -0.382 e. The number of anilines is 1. The zero-order valence-corrected chi connectivity index (χ0v) is 13.4. The van der Waals surface area contributed by atoms with Gasteiger partial charge in [-0.2, -0.15) is 28.6 Å². The average molecular weight is 361 g/mol. The topological polar surface area (TPSA) is 116 Å². The Bertz CT molecular complexity index is 899.